The lowest BCUT2D eigenvalue weighted by Gasteiger charge is -2.07. The Morgan fingerprint density at radius 3 is 2.33 bits per heavy atom. The number of rotatable bonds is 17. The Hall–Kier alpha value is -1.31. The molecule has 0 bridgehead atoms. The van der Waals surface area contributed by atoms with Gasteiger partial charge in [-0.15, -0.1) is 5.10 Å². The van der Waals surface area contributed by atoms with Gasteiger partial charge in [-0.05, 0) is 12.3 Å². The summed E-state index contributed by atoms with van der Waals surface area (Å²) in [7, 11) is 0. The Bertz CT molecular complexity index is 503. The predicted molar refractivity (Wildman–Crippen MR) is 104 cm³/mol. The fourth-order valence-corrected chi connectivity index (χ4v) is 2.42. The molecule has 7 heteroatoms. The van der Waals surface area contributed by atoms with Crippen molar-refractivity contribution in [1.82, 2.24) is 15.0 Å². The van der Waals surface area contributed by atoms with Crippen LogP contribution in [0.3, 0.4) is 0 Å². The van der Waals surface area contributed by atoms with E-state index in [2.05, 4.69) is 24.2 Å². The van der Waals surface area contributed by atoms with Gasteiger partial charge in [-0.25, -0.2) is 0 Å². The van der Waals surface area contributed by atoms with Crippen molar-refractivity contribution in [2.24, 2.45) is 11.8 Å². The van der Waals surface area contributed by atoms with Crippen molar-refractivity contribution in [3.63, 3.8) is 0 Å². The molecule has 0 N–H and O–H groups in total. The van der Waals surface area contributed by atoms with E-state index in [-0.39, 0.29) is 11.7 Å². The predicted octanol–water partition coefficient (Wildman–Crippen LogP) is 3.27. The number of ether oxygens (including phenoxy) is 3. The highest BCUT2D eigenvalue weighted by molar-refractivity contribution is 5.80. The molecule has 0 aliphatic heterocycles. The van der Waals surface area contributed by atoms with E-state index in [1.54, 1.807) is 0 Å². The van der Waals surface area contributed by atoms with Crippen molar-refractivity contribution >= 4 is 5.78 Å². The van der Waals surface area contributed by atoms with Crippen LogP contribution in [-0.4, -0.2) is 53.8 Å². The van der Waals surface area contributed by atoms with Crippen LogP contribution >= 0.6 is 0 Å². The standard InChI is InChI=1S/C20H37N3O4/c1-17(2)7-5-6-9-23-15-19(21-22-23)16-27-14-13-26-12-11-25-10-8-20(24)18(3)4/h15,17-18H,5-14,16H2,1-4H3. The van der Waals surface area contributed by atoms with Gasteiger partial charge in [0, 0.05) is 18.9 Å². The minimum atomic E-state index is 0.0773. The third kappa shape index (κ3) is 12.7. The van der Waals surface area contributed by atoms with Gasteiger partial charge in [-0.3, -0.25) is 9.48 Å². The van der Waals surface area contributed by atoms with Crippen LogP contribution in [0.2, 0.25) is 0 Å². The molecule has 0 aliphatic carbocycles. The Labute approximate surface area is 163 Å². The second-order valence-electron chi connectivity index (χ2n) is 7.51. The first-order chi connectivity index (χ1) is 13.0. The van der Waals surface area contributed by atoms with Gasteiger partial charge in [0.2, 0.25) is 0 Å². The van der Waals surface area contributed by atoms with E-state index in [1.165, 1.54) is 12.8 Å². The summed E-state index contributed by atoms with van der Waals surface area (Å²) in [6.07, 6.45) is 6.02. The molecule has 1 heterocycles. The largest absolute Gasteiger partial charge is 0.379 e. The molecule has 0 saturated carbocycles. The fraction of sp³-hybridized carbons (Fsp3) is 0.850. The van der Waals surface area contributed by atoms with E-state index >= 15 is 0 Å². The van der Waals surface area contributed by atoms with Gasteiger partial charge >= 0.3 is 0 Å². The van der Waals surface area contributed by atoms with Gasteiger partial charge in [-0.2, -0.15) is 0 Å². The highest BCUT2D eigenvalue weighted by Gasteiger charge is 2.06. The minimum absolute atomic E-state index is 0.0773. The molecule has 1 aromatic rings. The first-order valence-corrected chi connectivity index (χ1v) is 10.1. The maximum atomic E-state index is 11.4. The summed E-state index contributed by atoms with van der Waals surface area (Å²) >= 11 is 0. The Balaban J connectivity index is 1.93. The Morgan fingerprint density at radius 2 is 1.67 bits per heavy atom. The SMILES string of the molecule is CC(C)CCCCn1cc(COCCOCCOCCC(=O)C(C)C)nn1. The number of hydrogen-bond acceptors (Lipinski definition) is 6. The van der Waals surface area contributed by atoms with Crippen LogP contribution in [0.5, 0.6) is 0 Å². The van der Waals surface area contributed by atoms with Gasteiger partial charge in [0.05, 0.1) is 45.8 Å². The molecule has 156 valence electrons. The van der Waals surface area contributed by atoms with E-state index < -0.39 is 0 Å². The number of carbonyl (C=O) groups is 1. The smallest absolute Gasteiger partial charge is 0.137 e. The number of carbonyl (C=O) groups excluding carboxylic acids is 1. The molecule has 1 rings (SSSR count). The lowest BCUT2D eigenvalue weighted by atomic mass is 10.1. The number of Topliss-reactive ketones (excluding diaryl/α,β-unsaturated/α-hetero) is 1. The van der Waals surface area contributed by atoms with Crippen molar-refractivity contribution in [3.8, 4) is 0 Å². The van der Waals surface area contributed by atoms with Gasteiger partial charge in [-0.1, -0.05) is 45.7 Å². The zero-order chi connectivity index (χ0) is 19.9. The number of unbranched alkanes of at least 4 members (excludes halogenated alkanes) is 1. The van der Waals surface area contributed by atoms with E-state index in [1.807, 2.05) is 24.7 Å². The lowest BCUT2D eigenvalue weighted by Crippen LogP contribution is -2.13. The topological polar surface area (TPSA) is 75.5 Å². The second kappa shape index (κ2) is 14.7. The first kappa shape index (κ1) is 23.7. The molecule has 0 fully saturated rings. The third-order valence-electron chi connectivity index (χ3n) is 4.14. The quantitative estimate of drug-likeness (QED) is 0.384. The lowest BCUT2D eigenvalue weighted by molar-refractivity contribution is -0.123. The van der Waals surface area contributed by atoms with Crippen LogP contribution < -0.4 is 0 Å². The molecule has 0 aliphatic rings. The van der Waals surface area contributed by atoms with Crippen LogP contribution in [0.15, 0.2) is 6.20 Å². The average molecular weight is 384 g/mol. The first-order valence-electron chi connectivity index (χ1n) is 10.1. The van der Waals surface area contributed by atoms with Crippen molar-refractivity contribution in [2.45, 2.75) is 66.5 Å². The van der Waals surface area contributed by atoms with Crippen LogP contribution in [0.1, 0.15) is 59.1 Å². The summed E-state index contributed by atoms with van der Waals surface area (Å²) in [5.41, 5.74) is 0.844. The molecular formula is C20H37N3O4. The number of hydrogen-bond donors (Lipinski definition) is 0. The number of nitrogens with zero attached hydrogens (tertiary/aromatic N) is 3. The molecule has 0 aromatic carbocycles. The summed E-state index contributed by atoms with van der Waals surface area (Å²) < 4.78 is 18.3. The van der Waals surface area contributed by atoms with E-state index in [0.717, 1.165) is 24.6 Å². The summed E-state index contributed by atoms with van der Waals surface area (Å²) in [4.78, 5) is 11.4. The molecule has 0 radical (unpaired) electrons. The van der Waals surface area contributed by atoms with Crippen molar-refractivity contribution in [3.05, 3.63) is 11.9 Å². The van der Waals surface area contributed by atoms with E-state index in [9.17, 15) is 4.79 Å². The highest BCUT2D eigenvalue weighted by atomic mass is 16.5. The highest BCUT2D eigenvalue weighted by Crippen LogP contribution is 2.07. The number of ketones is 1. The van der Waals surface area contributed by atoms with Gasteiger partial charge in [0.15, 0.2) is 0 Å². The minimum Gasteiger partial charge on any atom is -0.379 e. The monoisotopic (exact) mass is 383 g/mol. The van der Waals surface area contributed by atoms with Crippen molar-refractivity contribution in [1.29, 1.82) is 0 Å². The second-order valence-corrected chi connectivity index (χ2v) is 7.51. The average Bonchev–Trinajstić information content (AvgIpc) is 3.07. The van der Waals surface area contributed by atoms with Gasteiger partial charge in [0.25, 0.3) is 0 Å². The number of aromatic nitrogens is 3. The van der Waals surface area contributed by atoms with Crippen LogP contribution in [0.25, 0.3) is 0 Å². The van der Waals surface area contributed by atoms with Crippen LogP contribution in [0.4, 0.5) is 0 Å². The van der Waals surface area contributed by atoms with Crippen molar-refractivity contribution < 1.29 is 19.0 Å². The third-order valence-corrected chi connectivity index (χ3v) is 4.14. The molecule has 27 heavy (non-hydrogen) atoms. The molecule has 0 amide bonds. The molecular weight excluding hydrogens is 346 g/mol. The van der Waals surface area contributed by atoms with Crippen LogP contribution in [-0.2, 0) is 32.2 Å². The van der Waals surface area contributed by atoms with Crippen molar-refractivity contribution in [2.75, 3.05) is 33.0 Å². The molecule has 0 atom stereocenters. The zero-order valence-electron chi connectivity index (χ0n) is 17.5. The molecule has 0 spiro atoms. The summed E-state index contributed by atoms with van der Waals surface area (Å²) in [6.45, 7) is 12.1. The molecule has 7 nitrogen and oxygen atoms in total. The van der Waals surface area contributed by atoms with E-state index in [4.69, 9.17) is 14.2 Å². The summed E-state index contributed by atoms with van der Waals surface area (Å²) in [5.74, 6) is 1.07. The maximum Gasteiger partial charge on any atom is 0.137 e. The normalized spacial score (nSPS) is 11.6. The number of aryl methyl sites for hydroxylation is 1. The molecule has 1 aromatic heterocycles. The fourth-order valence-electron chi connectivity index (χ4n) is 2.42. The summed E-state index contributed by atoms with van der Waals surface area (Å²) in [6, 6.07) is 0. The molecule has 0 unspecified atom stereocenters. The summed E-state index contributed by atoms with van der Waals surface area (Å²) in [5, 5.41) is 8.25. The van der Waals surface area contributed by atoms with E-state index in [0.29, 0.717) is 46.1 Å². The van der Waals surface area contributed by atoms with Gasteiger partial charge in [0.1, 0.15) is 11.5 Å². The molecule has 0 saturated heterocycles. The Morgan fingerprint density at radius 1 is 1.00 bits per heavy atom. The maximum absolute atomic E-state index is 11.4. The Kier molecular flexibility index (Phi) is 12.9. The zero-order valence-corrected chi connectivity index (χ0v) is 17.5. The van der Waals surface area contributed by atoms with Gasteiger partial charge < -0.3 is 14.2 Å². The van der Waals surface area contributed by atoms with Crippen LogP contribution in [0, 0.1) is 11.8 Å².